The Morgan fingerprint density at radius 3 is 2.69 bits per heavy atom. The van der Waals surface area contributed by atoms with E-state index in [9.17, 15) is 4.79 Å². The highest BCUT2D eigenvalue weighted by Gasteiger charge is 1.95. The van der Waals surface area contributed by atoms with Crippen LogP contribution < -0.4 is 11.1 Å². The Kier molecular flexibility index (Phi) is 5.27. The zero-order valence-electron chi connectivity index (χ0n) is 8.00. The highest BCUT2D eigenvalue weighted by molar-refractivity contribution is 5.98. The molecule has 0 aromatic rings. The van der Waals surface area contributed by atoms with Crippen LogP contribution in [0, 0.1) is 0 Å². The van der Waals surface area contributed by atoms with Crippen molar-refractivity contribution in [1.29, 1.82) is 0 Å². The molecule has 0 aliphatic rings. The molecular weight excluding hydrogens is 166 g/mol. The number of amides is 1. The minimum atomic E-state index is 0.383. The van der Waals surface area contributed by atoms with Crippen LogP contribution in [0.3, 0.4) is 0 Å². The number of nitrogens with two attached hydrogens (primary N) is 1. The van der Waals surface area contributed by atoms with Crippen LogP contribution in [0.1, 0.15) is 6.92 Å². The molecular formula is C9H15N3O. The van der Waals surface area contributed by atoms with Crippen LogP contribution in [0.4, 0.5) is 0 Å². The van der Waals surface area contributed by atoms with Crippen LogP contribution in [0.25, 0.3) is 0 Å². The minimum Gasteiger partial charge on any atom is -0.398 e. The monoisotopic (exact) mass is 181 g/mol. The van der Waals surface area contributed by atoms with E-state index in [4.69, 9.17) is 5.73 Å². The Hall–Kier alpha value is -1.58. The third-order valence-electron chi connectivity index (χ3n) is 1.47. The van der Waals surface area contributed by atoms with Crippen molar-refractivity contribution in [2.24, 2.45) is 10.7 Å². The van der Waals surface area contributed by atoms with Crippen molar-refractivity contribution in [3.8, 4) is 0 Å². The van der Waals surface area contributed by atoms with Crippen molar-refractivity contribution in [2.75, 3.05) is 13.6 Å². The van der Waals surface area contributed by atoms with Crippen LogP contribution in [0.2, 0.25) is 0 Å². The number of carbonyl (C=O) groups is 1. The number of nitrogens with one attached hydrogen (secondary N) is 1. The van der Waals surface area contributed by atoms with Gasteiger partial charge in [-0.15, -0.1) is 0 Å². The lowest BCUT2D eigenvalue weighted by Gasteiger charge is -2.02. The van der Waals surface area contributed by atoms with Crippen molar-refractivity contribution in [2.45, 2.75) is 6.92 Å². The Bertz CT molecular complexity index is 254. The molecule has 3 N–H and O–H groups in total. The van der Waals surface area contributed by atoms with E-state index in [0.29, 0.717) is 24.4 Å². The Labute approximate surface area is 78.2 Å². The molecule has 1 amide bonds. The number of allylic oxidation sites excluding steroid dienone is 1. The summed E-state index contributed by atoms with van der Waals surface area (Å²) in [5.74, 6) is 0. The summed E-state index contributed by atoms with van der Waals surface area (Å²) in [7, 11) is 1.64. The Balaban J connectivity index is 4.36. The summed E-state index contributed by atoms with van der Waals surface area (Å²) < 4.78 is 0. The third kappa shape index (κ3) is 4.79. The van der Waals surface area contributed by atoms with Crippen molar-refractivity contribution in [3.05, 3.63) is 23.9 Å². The second kappa shape index (κ2) is 5.99. The number of carbonyl (C=O) groups excluding carboxylic acids is 1. The second-order valence-corrected chi connectivity index (χ2v) is 2.59. The average molecular weight is 181 g/mol. The lowest BCUT2D eigenvalue weighted by molar-refractivity contribution is -0.109. The summed E-state index contributed by atoms with van der Waals surface area (Å²) in [6.45, 7) is 5.88. The Morgan fingerprint density at radius 1 is 1.69 bits per heavy atom. The summed E-state index contributed by atoms with van der Waals surface area (Å²) in [6, 6.07) is 0. The van der Waals surface area contributed by atoms with Gasteiger partial charge in [0.15, 0.2) is 0 Å². The molecule has 4 heteroatoms. The maximum Gasteiger partial charge on any atom is 0.207 e. The number of nitrogens with zero attached hydrogens (tertiary/aromatic N) is 1. The second-order valence-electron chi connectivity index (χ2n) is 2.59. The van der Waals surface area contributed by atoms with Gasteiger partial charge in [-0.3, -0.25) is 9.79 Å². The molecule has 4 nitrogen and oxygen atoms in total. The fourth-order valence-corrected chi connectivity index (χ4v) is 0.644. The molecule has 72 valence electrons. The van der Waals surface area contributed by atoms with Crippen LogP contribution in [0.15, 0.2) is 28.9 Å². The number of hydrogen-bond donors (Lipinski definition) is 2. The van der Waals surface area contributed by atoms with Crippen molar-refractivity contribution >= 4 is 12.1 Å². The van der Waals surface area contributed by atoms with Crippen LogP contribution in [-0.2, 0) is 4.79 Å². The summed E-state index contributed by atoms with van der Waals surface area (Å²) in [5.41, 5.74) is 7.71. The van der Waals surface area contributed by atoms with E-state index >= 15 is 0 Å². The van der Waals surface area contributed by atoms with Gasteiger partial charge >= 0.3 is 0 Å². The van der Waals surface area contributed by atoms with Gasteiger partial charge in [0.2, 0.25) is 6.41 Å². The van der Waals surface area contributed by atoms with Gasteiger partial charge in [0, 0.05) is 12.7 Å². The molecule has 0 aliphatic carbocycles. The largest absolute Gasteiger partial charge is 0.398 e. The first-order valence-electron chi connectivity index (χ1n) is 3.87. The summed E-state index contributed by atoms with van der Waals surface area (Å²) in [5, 5.41) is 2.50. The number of hydrogen-bond acceptors (Lipinski definition) is 3. The van der Waals surface area contributed by atoms with E-state index in [1.54, 1.807) is 13.1 Å². The molecule has 0 aromatic carbocycles. The molecule has 0 radical (unpaired) electrons. The summed E-state index contributed by atoms with van der Waals surface area (Å²) >= 11 is 0. The van der Waals surface area contributed by atoms with E-state index in [0.717, 1.165) is 5.57 Å². The van der Waals surface area contributed by atoms with E-state index in [1.165, 1.54) is 0 Å². The number of rotatable bonds is 5. The maximum absolute atomic E-state index is 10.0. The predicted molar refractivity (Wildman–Crippen MR) is 54.5 cm³/mol. The van der Waals surface area contributed by atoms with Crippen LogP contribution >= 0.6 is 0 Å². The van der Waals surface area contributed by atoms with E-state index in [2.05, 4.69) is 16.9 Å². The van der Waals surface area contributed by atoms with Crippen LogP contribution in [-0.4, -0.2) is 25.7 Å². The molecule has 0 bridgehead atoms. The van der Waals surface area contributed by atoms with Crippen LogP contribution in [0.5, 0.6) is 0 Å². The molecule has 0 aliphatic heterocycles. The standard InChI is InChI=1S/C9H15N3O/c1-7(2)9(10)4-8(11-3)5-12-6-13/h4,6H,1,5,10H2,2-3H3,(H,12,13)/b9-4+,11-8?. The predicted octanol–water partition coefficient (Wildman–Crippen LogP) is 0.222. The molecule has 0 fully saturated rings. The molecule has 0 saturated carbocycles. The van der Waals surface area contributed by atoms with Crippen molar-refractivity contribution in [3.63, 3.8) is 0 Å². The molecule has 0 saturated heterocycles. The smallest absolute Gasteiger partial charge is 0.207 e. The van der Waals surface area contributed by atoms with Gasteiger partial charge in [0.05, 0.1) is 12.3 Å². The van der Waals surface area contributed by atoms with E-state index in [1.807, 2.05) is 6.92 Å². The van der Waals surface area contributed by atoms with Gasteiger partial charge in [-0.25, -0.2) is 0 Å². The van der Waals surface area contributed by atoms with Crippen molar-refractivity contribution in [1.82, 2.24) is 5.32 Å². The highest BCUT2D eigenvalue weighted by Crippen LogP contribution is 1.98. The molecule has 0 spiro atoms. The third-order valence-corrected chi connectivity index (χ3v) is 1.47. The SMILES string of the molecule is C=C(C)/C(N)=C\C(CNC=O)=NC. The van der Waals surface area contributed by atoms with E-state index in [-0.39, 0.29) is 0 Å². The van der Waals surface area contributed by atoms with Gasteiger partial charge in [0.25, 0.3) is 0 Å². The lowest BCUT2D eigenvalue weighted by atomic mass is 10.2. The molecule has 0 aromatic heterocycles. The normalized spacial score (nSPS) is 12.5. The van der Waals surface area contributed by atoms with E-state index < -0.39 is 0 Å². The topological polar surface area (TPSA) is 67.5 Å². The quantitative estimate of drug-likeness (QED) is 0.362. The molecule has 0 atom stereocenters. The van der Waals surface area contributed by atoms with Crippen molar-refractivity contribution < 1.29 is 4.79 Å². The summed E-state index contributed by atoms with van der Waals surface area (Å²) in [4.78, 5) is 14.0. The fourth-order valence-electron chi connectivity index (χ4n) is 0.644. The zero-order valence-corrected chi connectivity index (χ0v) is 8.00. The minimum absolute atomic E-state index is 0.383. The summed E-state index contributed by atoms with van der Waals surface area (Å²) in [6.07, 6.45) is 2.31. The zero-order chi connectivity index (χ0) is 10.3. The first-order valence-corrected chi connectivity index (χ1v) is 3.87. The van der Waals surface area contributed by atoms with Gasteiger partial charge in [-0.1, -0.05) is 6.58 Å². The van der Waals surface area contributed by atoms with Gasteiger partial charge in [-0.2, -0.15) is 0 Å². The first kappa shape index (κ1) is 11.4. The maximum atomic E-state index is 10.0. The molecule has 13 heavy (non-hydrogen) atoms. The lowest BCUT2D eigenvalue weighted by Crippen LogP contribution is -2.21. The fraction of sp³-hybridized carbons (Fsp3) is 0.333. The first-order chi connectivity index (χ1) is 6.11. The average Bonchev–Trinajstić information content (AvgIpc) is 2.11. The van der Waals surface area contributed by atoms with Gasteiger partial charge in [-0.05, 0) is 18.6 Å². The van der Waals surface area contributed by atoms with Gasteiger partial charge in [0.1, 0.15) is 0 Å². The molecule has 0 heterocycles. The Morgan fingerprint density at radius 2 is 2.31 bits per heavy atom. The molecule has 0 unspecified atom stereocenters. The van der Waals surface area contributed by atoms with Gasteiger partial charge < -0.3 is 11.1 Å². The molecule has 0 rings (SSSR count). The number of aliphatic imine (C=N–C) groups is 1. The highest BCUT2D eigenvalue weighted by atomic mass is 16.1.